The molecule has 11 heteroatoms. The molecule has 166 valence electrons. The second-order valence-electron chi connectivity index (χ2n) is 7.45. The highest BCUT2D eigenvalue weighted by Gasteiger charge is 2.56. The van der Waals surface area contributed by atoms with Crippen LogP contribution in [0.2, 0.25) is 0 Å². The first-order chi connectivity index (χ1) is 14.7. The van der Waals surface area contributed by atoms with E-state index >= 15 is 0 Å². The molecule has 1 aromatic heterocycles. The molecule has 1 saturated heterocycles. The van der Waals surface area contributed by atoms with Crippen molar-refractivity contribution in [2.45, 2.75) is 31.4 Å². The Bertz CT molecular complexity index is 1010. The molecule has 0 radical (unpaired) electrons. The topological polar surface area (TPSA) is 49.8 Å². The smallest absolute Gasteiger partial charge is 0.286 e. The molecule has 2 aliphatic rings. The summed E-state index contributed by atoms with van der Waals surface area (Å²) in [6, 6.07) is 1.63. The molecule has 1 fully saturated rings. The molecule has 4 rings (SSSR count). The maximum Gasteiger partial charge on any atom is 0.286 e. The molecular formula is C20H19F5N4OS. The van der Waals surface area contributed by atoms with Gasteiger partial charge in [-0.25, -0.2) is 22.0 Å². The molecule has 31 heavy (non-hydrogen) atoms. The Labute approximate surface area is 179 Å². The summed E-state index contributed by atoms with van der Waals surface area (Å²) in [6.07, 6.45) is 2.53. The van der Waals surface area contributed by atoms with Crippen molar-refractivity contribution in [3.05, 3.63) is 53.1 Å². The lowest BCUT2D eigenvalue weighted by atomic mass is 9.94. The van der Waals surface area contributed by atoms with Crippen molar-refractivity contribution in [1.29, 1.82) is 0 Å². The molecule has 5 nitrogen and oxygen atoms in total. The summed E-state index contributed by atoms with van der Waals surface area (Å²) in [5.41, 5.74) is 0.500. The Hall–Kier alpha value is -2.40. The van der Waals surface area contributed by atoms with Gasteiger partial charge < -0.3 is 9.74 Å². The van der Waals surface area contributed by atoms with Gasteiger partial charge in [0.1, 0.15) is 29.3 Å². The van der Waals surface area contributed by atoms with Gasteiger partial charge in [-0.3, -0.25) is 9.71 Å². The summed E-state index contributed by atoms with van der Waals surface area (Å²) in [6.45, 7) is 1.26. The third kappa shape index (κ3) is 4.08. The Balaban J connectivity index is 1.61. The highest BCUT2D eigenvalue weighted by Crippen LogP contribution is 2.41. The van der Waals surface area contributed by atoms with Crippen LogP contribution in [0.15, 0.2) is 29.6 Å². The fraction of sp³-hybridized carbons (Fsp3) is 0.400. The number of hydrogen-bond donors (Lipinski definition) is 1. The van der Waals surface area contributed by atoms with Gasteiger partial charge in [-0.1, -0.05) is 17.1 Å². The fourth-order valence-electron chi connectivity index (χ4n) is 3.77. The zero-order valence-corrected chi connectivity index (χ0v) is 17.4. The minimum Gasteiger partial charge on any atom is -0.384 e. The highest BCUT2D eigenvalue weighted by atomic mass is 32.2. The summed E-state index contributed by atoms with van der Waals surface area (Å²) in [4.78, 5) is 11.2. The maximum absolute atomic E-state index is 14.4. The highest BCUT2D eigenvalue weighted by molar-refractivity contribution is 7.96. The van der Waals surface area contributed by atoms with Crippen molar-refractivity contribution in [3.63, 3.8) is 0 Å². The number of rotatable bonds is 5. The van der Waals surface area contributed by atoms with Crippen molar-refractivity contribution in [2.75, 3.05) is 19.3 Å². The van der Waals surface area contributed by atoms with E-state index in [1.54, 1.807) is 13.2 Å². The number of halogens is 5. The molecule has 2 aliphatic heterocycles. The van der Waals surface area contributed by atoms with Gasteiger partial charge in [0, 0.05) is 30.4 Å². The second-order valence-corrected chi connectivity index (χ2v) is 8.15. The SMILES string of the molecule is CSNCC1N(C2=NOC(c3ncc(C)cc3-c3c(F)cc(F)cc3F)C2)CC1(F)F. The van der Waals surface area contributed by atoms with Crippen LogP contribution in [-0.4, -0.2) is 47.0 Å². The van der Waals surface area contributed by atoms with Crippen molar-refractivity contribution in [3.8, 4) is 11.1 Å². The molecule has 0 amide bonds. The fourth-order valence-corrected chi connectivity index (χ4v) is 4.09. The lowest BCUT2D eigenvalue weighted by molar-refractivity contribution is -0.151. The standard InChI is InChI=1S/C20H19F5N4OS/c1-10-3-12(18-13(22)4-11(21)5-14(18)23)19(26-7-10)15-6-17(28-30-15)29-9-20(24,25)16(29)8-27-31-2/h3-5,7,15-16,27H,6,8-9H2,1-2H3. The average Bonchev–Trinajstić information content (AvgIpc) is 3.15. The number of hydrogen-bond acceptors (Lipinski definition) is 6. The first kappa shape index (κ1) is 21.8. The lowest BCUT2D eigenvalue weighted by Crippen LogP contribution is -2.69. The number of benzene rings is 1. The van der Waals surface area contributed by atoms with Gasteiger partial charge in [0.15, 0.2) is 6.10 Å². The van der Waals surface area contributed by atoms with E-state index in [9.17, 15) is 22.0 Å². The maximum atomic E-state index is 14.4. The predicted molar refractivity (Wildman–Crippen MR) is 107 cm³/mol. The summed E-state index contributed by atoms with van der Waals surface area (Å²) in [5, 5.41) is 3.94. The molecule has 1 aromatic carbocycles. The predicted octanol–water partition coefficient (Wildman–Crippen LogP) is 4.44. The molecule has 2 unspecified atom stereocenters. The molecule has 0 bridgehead atoms. The lowest BCUT2D eigenvalue weighted by Gasteiger charge is -2.48. The van der Waals surface area contributed by atoms with E-state index < -0.39 is 47.6 Å². The molecule has 1 N–H and O–H groups in total. The summed E-state index contributed by atoms with van der Waals surface area (Å²) in [7, 11) is 0. The summed E-state index contributed by atoms with van der Waals surface area (Å²) in [5.74, 6) is -5.73. The normalized spacial score (nSPS) is 22.2. The van der Waals surface area contributed by atoms with Crippen LogP contribution in [0, 0.1) is 24.4 Å². The number of oxime groups is 1. The van der Waals surface area contributed by atoms with Crippen molar-refractivity contribution in [1.82, 2.24) is 14.6 Å². The molecule has 3 heterocycles. The van der Waals surface area contributed by atoms with Crippen LogP contribution in [0.3, 0.4) is 0 Å². The number of nitrogens with zero attached hydrogens (tertiary/aromatic N) is 3. The number of alkyl halides is 2. The molecule has 0 aliphatic carbocycles. The van der Waals surface area contributed by atoms with Gasteiger partial charge in [0.05, 0.1) is 24.2 Å². The largest absolute Gasteiger partial charge is 0.384 e. The zero-order valence-electron chi connectivity index (χ0n) is 16.6. The molecule has 2 aromatic rings. The number of pyridine rings is 1. The monoisotopic (exact) mass is 458 g/mol. The second kappa shape index (κ2) is 8.27. The van der Waals surface area contributed by atoms with E-state index in [2.05, 4.69) is 14.9 Å². The number of nitrogens with one attached hydrogen (secondary N) is 1. The van der Waals surface area contributed by atoms with E-state index in [0.29, 0.717) is 23.5 Å². The van der Waals surface area contributed by atoms with Gasteiger partial charge in [0.25, 0.3) is 5.92 Å². The van der Waals surface area contributed by atoms with E-state index in [-0.39, 0.29) is 24.2 Å². The first-order valence-electron chi connectivity index (χ1n) is 9.45. The molecular weight excluding hydrogens is 439 g/mol. The van der Waals surface area contributed by atoms with Crippen LogP contribution >= 0.6 is 11.9 Å². The van der Waals surface area contributed by atoms with Crippen LogP contribution in [0.5, 0.6) is 0 Å². The van der Waals surface area contributed by atoms with Gasteiger partial charge in [-0.15, -0.1) is 0 Å². The Kier molecular flexibility index (Phi) is 5.82. The van der Waals surface area contributed by atoms with Crippen LogP contribution in [0.25, 0.3) is 11.1 Å². The Morgan fingerprint density at radius 1 is 1.23 bits per heavy atom. The van der Waals surface area contributed by atoms with Gasteiger partial charge in [0.2, 0.25) is 0 Å². The summed E-state index contributed by atoms with van der Waals surface area (Å²) >= 11 is 1.24. The Morgan fingerprint density at radius 2 is 1.94 bits per heavy atom. The van der Waals surface area contributed by atoms with Crippen LogP contribution in [0.4, 0.5) is 22.0 Å². The number of aromatic nitrogens is 1. The minimum absolute atomic E-state index is 0.0535. The van der Waals surface area contributed by atoms with Gasteiger partial charge in [-0.2, -0.15) is 0 Å². The minimum atomic E-state index is -2.86. The van der Waals surface area contributed by atoms with Gasteiger partial charge >= 0.3 is 0 Å². The number of likely N-dealkylation sites (tertiary alicyclic amines) is 1. The molecule has 0 saturated carbocycles. The third-order valence-electron chi connectivity index (χ3n) is 5.29. The average molecular weight is 458 g/mol. The van der Waals surface area contributed by atoms with Gasteiger partial charge in [-0.05, 0) is 24.8 Å². The number of amidine groups is 1. The van der Waals surface area contributed by atoms with E-state index in [4.69, 9.17) is 4.84 Å². The van der Waals surface area contributed by atoms with Crippen molar-refractivity contribution in [2.24, 2.45) is 5.16 Å². The van der Waals surface area contributed by atoms with Crippen LogP contribution in [-0.2, 0) is 4.84 Å². The quantitative estimate of drug-likeness (QED) is 0.531. The van der Waals surface area contributed by atoms with Crippen LogP contribution < -0.4 is 4.72 Å². The molecule has 0 spiro atoms. The van der Waals surface area contributed by atoms with Crippen molar-refractivity contribution >= 4 is 17.8 Å². The van der Waals surface area contributed by atoms with E-state index in [0.717, 1.165) is 0 Å². The van der Waals surface area contributed by atoms with E-state index in [1.165, 1.54) is 29.1 Å². The third-order valence-corrected chi connectivity index (χ3v) is 5.74. The zero-order chi connectivity index (χ0) is 22.3. The number of aryl methyl sites for hydroxylation is 1. The Morgan fingerprint density at radius 3 is 2.58 bits per heavy atom. The first-order valence-corrected chi connectivity index (χ1v) is 10.7. The molecule has 2 atom stereocenters. The summed E-state index contributed by atoms with van der Waals surface area (Å²) < 4.78 is 73.1. The van der Waals surface area contributed by atoms with Crippen LogP contribution in [0.1, 0.15) is 23.8 Å². The van der Waals surface area contributed by atoms with Crippen molar-refractivity contribution < 1.29 is 26.8 Å². The van der Waals surface area contributed by atoms with E-state index in [1.807, 2.05) is 0 Å².